The summed E-state index contributed by atoms with van der Waals surface area (Å²) in [5.74, 6) is 2.09. The van der Waals surface area contributed by atoms with E-state index in [9.17, 15) is 0 Å². The second kappa shape index (κ2) is 10.3. The lowest BCUT2D eigenvalue weighted by atomic mass is 9.99. The van der Waals surface area contributed by atoms with Crippen molar-refractivity contribution >= 4 is 29.5 Å². The Balaban J connectivity index is 1.93. The maximum absolute atomic E-state index is 5.57. The molecule has 1 aromatic carbocycles. The Labute approximate surface area is 161 Å². The van der Waals surface area contributed by atoms with Gasteiger partial charge in [0, 0.05) is 50.0 Å². The molecule has 0 spiro atoms. The lowest BCUT2D eigenvalue weighted by Gasteiger charge is -2.37. The summed E-state index contributed by atoms with van der Waals surface area (Å²) < 4.78 is 5.83. The van der Waals surface area contributed by atoms with Crippen LogP contribution in [0.1, 0.15) is 25.3 Å². The van der Waals surface area contributed by atoms with E-state index in [1.54, 1.807) is 11.8 Å². The van der Waals surface area contributed by atoms with Crippen LogP contribution in [0.2, 0.25) is 0 Å². The number of ether oxygens (including phenoxy) is 1. The van der Waals surface area contributed by atoms with Crippen LogP contribution in [0.5, 0.6) is 0 Å². The Bertz CT molecular complexity index is 537. The van der Waals surface area contributed by atoms with Crippen LogP contribution in [0.4, 0.5) is 0 Å². The van der Waals surface area contributed by atoms with E-state index >= 15 is 0 Å². The van der Waals surface area contributed by atoms with Crippen LogP contribution < -0.4 is 5.32 Å². The van der Waals surface area contributed by atoms with Gasteiger partial charge in [0.15, 0.2) is 5.96 Å². The van der Waals surface area contributed by atoms with Gasteiger partial charge in [0.05, 0.1) is 0 Å². The van der Waals surface area contributed by atoms with Crippen molar-refractivity contribution in [2.24, 2.45) is 4.99 Å². The van der Waals surface area contributed by atoms with E-state index in [2.05, 4.69) is 71.5 Å². The molecule has 0 unspecified atom stereocenters. The van der Waals surface area contributed by atoms with Crippen molar-refractivity contribution < 1.29 is 4.74 Å². The number of hydrogen-bond acceptors (Lipinski definition) is 4. The highest BCUT2D eigenvalue weighted by Crippen LogP contribution is 2.34. The summed E-state index contributed by atoms with van der Waals surface area (Å²) in [7, 11) is 3.96. The van der Waals surface area contributed by atoms with Crippen molar-refractivity contribution in [3.05, 3.63) is 29.8 Å². The second-order valence-corrected chi connectivity index (χ2v) is 8.95. The van der Waals surface area contributed by atoms with Crippen molar-refractivity contribution in [1.29, 1.82) is 0 Å². The number of aliphatic imine (C=N–C) groups is 1. The summed E-state index contributed by atoms with van der Waals surface area (Å²) in [6.07, 6.45) is 4.32. The predicted octanol–water partition coefficient (Wildman–Crippen LogP) is 3.72. The fourth-order valence-corrected chi connectivity index (χ4v) is 4.78. The molecule has 1 aliphatic rings. The normalized spacial score (nSPS) is 17.4. The van der Waals surface area contributed by atoms with Crippen molar-refractivity contribution in [1.82, 2.24) is 10.2 Å². The number of nitrogens with one attached hydrogen (secondary N) is 1. The highest BCUT2D eigenvalue weighted by Gasteiger charge is 2.32. The van der Waals surface area contributed by atoms with Gasteiger partial charge in [0.1, 0.15) is 0 Å². The highest BCUT2D eigenvalue weighted by atomic mass is 32.2. The molecule has 0 aliphatic carbocycles. The molecular formula is C19H31N3OS2. The van der Waals surface area contributed by atoms with E-state index in [1.807, 2.05) is 7.05 Å². The summed E-state index contributed by atoms with van der Waals surface area (Å²) in [5.41, 5.74) is 1.30. The third kappa shape index (κ3) is 6.12. The van der Waals surface area contributed by atoms with Crippen molar-refractivity contribution in [2.75, 3.05) is 45.9 Å². The molecule has 1 fully saturated rings. The zero-order chi connectivity index (χ0) is 18.1. The van der Waals surface area contributed by atoms with Gasteiger partial charge in [-0.05, 0) is 42.5 Å². The van der Waals surface area contributed by atoms with Gasteiger partial charge in [0.2, 0.25) is 0 Å². The van der Waals surface area contributed by atoms with Crippen LogP contribution in [0.15, 0.2) is 34.2 Å². The number of thioether (sulfide) groups is 2. The molecule has 0 aromatic heterocycles. The van der Waals surface area contributed by atoms with Gasteiger partial charge in [-0.1, -0.05) is 19.1 Å². The van der Waals surface area contributed by atoms with E-state index in [-0.39, 0.29) is 4.75 Å². The molecule has 2 rings (SSSR count). The summed E-state index contributed by atoms with van der Waals surface area (Å²) in [6, 6.07) is 8.75. The minimum Gasteiger partial charge on any atom is -0.381 e. The topological polar surface area (TPSA) is 36.9 Å². The molecule has 1 N–H and O–H groups in total. The first-order chi connectivity index (χ1) is 12.1. The second-order valence-electron chi connectivity index (χ2n) is 6.33. The molecule has 6 heteroatoms. The van der Waals surface area contributed by atoms with E-state index in [4.69, 9.17) is 4.74 Å². The predicted molar refractivity (Wildman–Crippen MR) is 112 cm³/mol. The molecular weight excluding hydrogens is 350 g/mol. The maximum Gasteiger partial charge on any atom is 0.193 e. The van der Waals surface area contributed by atoms with Crippen LogP contribution in [0.3, 0.4) is 0 Å². The van der Waals surface area contributed by atoms with Crippen LogP contribution in [0, 0.1) is 0 Å². The molecule has 0 amide bonds. The third-order valence-corrected chi connectivity index (χ3v) is 6.77. The molecule has 140 valence electrons. The standard InChI is InChI=1S/C19H31N3OS2/c1-5-25-19(10-12-23-13-11-19)15-21-18(20-2)22(3)14-16-6-8-17(24-4)9-7-16/h6-9H,5,10-15H2,1-4H3,(H,20,21). The molecule has 1 saturated heterocycles. The quantitative estimate of drug-likeness (QED) is 0.443. The largest absolute Gasteiger partial charge is 0.381 e. The smallest absolute Gasteiger partial charge is 0.193 e. The number of rotatable bonds is 7. The average molecular weight is 382 g/mol. The van der Waals surface area contributed by atoms with E-state index in [1.165, 1.54) is 10.5 Å². The summed E-state index contributed by atoms with van der Waals surface area (Å²) in [5, 5.41) is 3.60. The van der Waals surface area contributed by atoms with Gasteiger partial charge >= 0.3 is 0 Å². The first kappa shape index (κ1) is 20.5. The number of benzene rings is 1. The van der Waals surface area contributed by atoms with E-state index in [0.717, 1.165) is 50.9 Å². The molecule has 0 atom stereocenters. The van der Waals surface area contributed by atoms with Crippen LogP contribution >= 0.6 is 23.5 Å². The van der Waals surface area contributed by atoms with Crippen molar-refractivity contribution in [2.45, 2.75) is 36.0 Å². The van der Waals surface area contributed by atoms with Crippen LogP contribution in [0.25, 0.3) is 0 Å². The summed E-state index contributed by atoms with van der Waals surface area (Å²) in [6.45, 7) is 5.76. The van der Waals surface area contributed by atoms with E-state index < -0.39 is 0 Å². The molecule has 1 heterocycles. The van der Waals surface area contributed by atoms with Gasteiger partial charge in [0.25, 0.3) is 0 Å². The molecule has 0 saturated carbocycles. The van der Waals surface area contributed by atoms with Crippen LogP contribution in [-0.2, 0) is 11.3 Å². The molecule has 0 bridgehead atoms. The first-order valence-electron chi connectivity index (χ1n) is 8.89. The maximum atomic E-state index is 5.57. The van der Waals surface area contributed by atoms with E-state index in [0.29, 0.717) is 0 Å². The van der Waals surface area contributed by atoms with Crippen molar-refractivity contribution in [3.8, 4) is 0 Å². The highest BCUT2D eigenvalue weighted by molar-refractivity contribution is 8.00. The first-order valence-corrected chi connectivity index (χ1v) is 11.1. The average Bonchev–Trinajstić information content (AvgIpc) is 2.64. The molecule has 0 radical (unpaired) electrons. The monoisotopic (exact) mass is 381 g/mol. The summed E-state index contributed by atoms with van der Waals surface area (Å²) in [4.78, 5) is 7.97. The molecule has 1 aliphatic heterocycles. The fourth-order valence-electron chi connectivity index (χ4n) is 3.13. The summed E-state index contributed by atoms with van der Waals surface area (Å²) >= 11 is 3.83. The molecule has 1 aromatic rings. The zero-order valence-electron chi connectivity index (χ0n) is 15.9. The SMILES string of the molecule is CCSC1(CNC(=NC)N(C)Cc2ccc(SC)cc2)CCOCC1. The zero-order valence-corrected chi connectivity index (χ0v) is 17.5. The van der Waals surface area contributed by atoms with Crippen LogP contribution in [-0.4, -0.2) is 61.5 Å². The Morgan fingerprint density at radius 2 is 1.96 bits per heavy atom. The molecule has 4 nitrogen and oxygen atoms in total. The van der Waals surface area contributed by atoms with Gasteiger partial charge in [-0.3, -0.25) is 4.99 Å². The third-order valence-electron chi connectivity index (χ3n) is 4.58. The van der Waals surface area contributed by atoms with Gasteiger partial charge < -0.3 is 15.0 Å². The van der Waals surface area contributed by atoms with Gasteiger partial charge in [-0.25, -0.2) is 0 Å². The Morgan fingerprint density at radius 1 is 1.28 bits per heavy atom. The molecule has 25 heavy (non-hydrogen) atoms. The fraction of sp³-hybridized carbons (Fsp3) is 0.632. The number of guanidine groups is 1. The van der Waals surface area contributed by atoms with Crippen molar-refractivity contribution in [3.63, 3.8) is 0 Å². The Morgan fingerprint density at radius 3 is 2.52 bits per heavy atom. The Kier molecular flexibility index (Phi) is 8.46. The lowest BCUT2D eigenvalue weighted by Crippen LogP contribution is -2.48. The van der Waals surface area contributed by atoms with Gasteiger partial charge in [-0.2, -0.15) is 11.8 Å². The minimum atomic E-state index is 0.268. The minimum absolute atomic E-state index is 0.268. The lowest BCUT2D eigenvalue weighted by molar-refractivity contribution is 0.0780. The number of hydrogen-bond donors (Lipinski definition) is 1. The number of nitrogens with zero attached hydrogens (tertiary/aromatic N) is 2. The van der Waals surface area contributed by atoms with Gasteiger partial charge in [-0.15, -0.1) is 11.8 Å². The Hall–Kier alpha value is -0.850.